The summed E-state index contributed by atoms with van der Waals surface area (Å²) >= 11 is 13.9. The number of ether oxygens (including phenoxy) is 1. The Kier molecular flexibility index (Phi) is 6.25. The molecule has 0 atom stereocenters. The summed E-state index contributed by atoms with van der Waals surface area (Å²) in [6.07, 6.45) is 0. The third kappa shape index (κ3) is 4.79. The molecular weight excluding hydrogens is 469 g/mol. The first kappa shape index (κ1) is 18.4. The summed E-state index contributed by atoms with van der Waals surface area (Å²) in [6, 6.07) is 5.31. The molecule has 0 bridgehead atoms. The molecule has 0 saturated heterocycles. The largest absolute Gasteiger partial charge is 0.451 e. The first-order chi connectivity index (χ1) is 10.8. The van der Waals surface area contributed by atoms with Crippen LogP contribution in [0.5, 0.6) is 0 Å². The average Bonchev–Trinajstić information content (AvgIpc) is 2.80. The van der Waals surface area contributed by atoms with Crippen LogP contribution in [-0.4, -0.2) is 18.5 Å². The summed E-state index contributed by atoms with van der Waals surface area (Å²) in [4.78, 5) is 24.2. The van der Waals surface area contributed by atoms with Crippen molar-refractivity contribution in [3.05, 3.63) is 47.5 Å². The van der Waals surface area contributed by atoms with E-state index in [4.69, 9.17) is 16.3 Å². The third-order valence-corrected chi connectivity index (χ3v) is 6.41. The molecular formula is C15H12Br2ClNO3S. The Morgan fingerprint density at radius 2 is 1.96 bits per heavy atom. The lowest BCUT2D eigenvalue weighted by atomic mass is 10.1. The Bertz CT molecular complexity index is 734. The second-order valence-electron chi connectivity index (χ2n) is 4.80. The van der Waals surface area contributed by atoms with Crippen molar-refractivity contribution < 1.29 is 14.3 Å². The highest BCUT2D eigenvalue weighted by molar-refractivity contribution is 9.13. The molecule has 1 heterocycles. The number of hydrogen-bond donors (Lipinski definition) is 1. The van der Waals surface area contributed by atoms with Gasteiger partial charge in [0.15, 0.2) is 6.61 Å². The van der Waals surface area contributed by atoms with E-state index in [0.717, 1.165) is 19.4 Å². The van der Waals surface area contributed by atoms with Gasteiger partial charge >= 0.3 is 5.97 Å². The number of amides is 1. The molecule has 0 fully saturated rings. The van der Waals surface area contributed by atoms with Gasteiger partial charge in [-0.2, -0.15) is 0 Å². The van der Waals surface area contributed by atoms with E-state index in [0.29, 0.717) is 15.6 Å². The van der Waals surface area contributed by atoms with Gasteiger partial charge in [-0.15, -0.1) is 11.3 Å². The quantitative estimate of drug-likeness (QED) is 0.600. The molecule has 0 aliphatic heterocycles. The van der Waals surface area contributed by atoms with Crippen molar-refractivity contribution in [2.24, 2.45) is 0 Å². The Labute approximate surface area is 159 Å². The van der Waals surface area contributed by atoms with Crippen molar-refractivity contribution in [3.8, 4) is 0 Å². The number of nitrogens with one attached hydrogen (secondary N) is 1. The van der Waals surface area contributed by atoms with Crippen molar-refractivity contribution in [2.75, 3.05) is 11.9 Å². The van der Waals surface area contributed by atoms with Crippen LogP contribution in [0.2, 0.25) is 5.02 Å². The number of rotatable bonds is 4. The summed E-state index contributed by atoms with van der Waals surface area (Å²) in [5.41, 5.74) is 2.38. The highest BCUT2D eigenvalue weighted by Gasteiger charge is 2.16. The lowest BCUT2D eigenvalue weighted by Crippen LogP contribution is -2.21. The number of thiophene rings is 1. The van der Waals surface area contributed by atoms with Gasteiger partial charge < -0.3 is 10.1 Å². The molecule has 0 spiro atoms. The molecule has 0 aliphatic carbocycles. The van der Waals surface area contributed by atoms with Crippen LogP contribution in [0.15, 0.2) is 26.5 Å². The van der Waals surface area contributed by atoms with Crippen molar-refractivity contribution >= 4 is 72.4 Å². The molecule has 2 aromatic rings. The van der Waals surface area contributed by atoms with Crippen LogP contribution in [0.1, 0.15) is 20.8 Å². The summed E-state index contributed by atoms with van der Waals surface area (Å²) in [5, 5.41) is 3.12. The first-order valence-corrected chi connectivity index (χ1v) is 9.24. The van der Waals surface area contributed by atoms with Crippen LogP contribution >= 0.6 is 54.8 Å². The van der Waals surface area contributed by atoms with E-state index >= 15 is 0 Å². The van der Waals surface area contributed by atoms with E-state index in [-0.39, 0.29) is 6.61 Å². The van der Waals surface area contributed by atoms with Crippen molar-refractivity contribution in [2.45, 2.75) is 13.8 Å². The number of anilines is 1. The van der Waals surface area contributed by atoms with Crippen LogP contribution in [0.4, 0.5) is 5.69 Å². The Morgan fingerprint density at radius 1 is 1.26 bits per heavy atom. The molecule has 1 aromatic heterocycles. The first-order valence-electron chi connectivity index (χ1n) is 6.46. The van der Waals surface area contributed by atoms with Crippen molar-refractivity contribution in [1.29, 1.82) is 0 Å². The molecule has 8 heteroatoms. The second kappa shape index (κ2) is 7.79. The van der Waals surface area contributed by atoms with Gasteiger partial charge in [0.05, 0.1) is 14.5 Å². The number of benzene rings is 1. The van der Waals surface area contributed by atoms with Gasteiger partial charge in [-0.25, -0.2) is 4.79 Å². The van der Waals surface area contributed by atoms with E-state index in [2.05, 4.69) is 37.2 Å². The SMILES string of the molecule is Cc1cc(C)c(NC(=O)COC(=O)c2cc(Br)c(Br)s2)c(Cl)c1. The number of esters is 1. The Balaban J connectivity index is 1.97. The molecule has 1 N–H and O–H groups in total. The number of aryl methyl sites for hydroxylation is 2. The normalized spacial score (nSPS) is 10.5. The Hall–Kier alpha value is -0.890. The molecule has 1 aromatic carbocycles. The van der Waals surface area contributed by atoms with Crippen LogP contribution in [0, 0.1) is 13.8 Å². The number of hydrogen-bond acceptors (Lipinski definition) is 4. The Morgan fingerprint density at radius 3 is 2.52 bits per heavy atom. The van der Waals surface area contributed by atoms with Gasteiger partial charge in [0.25, 0.3) is 5.91 Å². The zero-order valence-corrected chi connectivity index (χ0v) is 17.0. The predicted molar refractivity (Wildman–Crippen MR) is 99.6 cm³/mol. The smallest absolute Gasteiger partial charge is 0.348 e. The summed E-state index contributed by atoms with van der Waals surface area (Å²) in [5.74, 6) is -0.995. The van der Waals surface area contributed by atoms with Gasteiger partial charge in [-0.1, -0.05) is 17.7 Å². The molecule has 0 unspecified atom stereocenters. The van der Waals surface area contributed by atoms with Gasteiger partial charge in [0.1, 0.15) is 4.88 Å². The zero-order valence-electron chi connectivity index (χ0n) is 12.2. The maximum absolute atomic E-state index is 11.9. The summed E-state index contributed by atoms with van der Waals surface area (Å²) < 4.78 is 6.56. The maximum Gasteiger partial charge on any atom is 0.348 e. The van der Waals surface area contributed by atoms with Crippen LogP contribution in [-0.2, 0) is 9.53 Å². The molecule has 0 radical (unpaired) electrons. The fourth-order valence-corrected chi connectivity index (χ4v) is 4.20. The molecule has 2 rings (SSSR count). The van der Waals surface area contributed by atoms with Crippen molar-refractivity contribution in [3.63, 3.8) is 0 Å². The molecule has 4 nitrogen and oxygen atoms in total. The fourth-order valence-electron chi connectivity index (χ4n) is 1.90. The zero-order chi connectivity index (χ0) is 17.1. The average molecular weight is 482 g/mol. The lowest BCUT2D eigenvalue weighted by molar-refractivity contribution is -0.119. The monoisotopic (exact) mass is 479 g/mol. The van der Waals surface area contributed by atoms with E-state index in [1.165, 1.54) is 11.3 Å². The molecule has 1 amide bonds. The van der Waals surface area contributed by atoms with Gasteiger partial charge in [-0.05, 0) is 69.0 Å². The molecule has 122 valence electrons. The van der Waals surface area contributed by atoms with E-state index in [1.54, 1.807) is 12.1 Å². The number of halogens is 3. The lowest BCUT2D eigenvalue weighted by Gasteiger charge is -2.11. The summed E-state index contributed by atoms with van der Waals surface area (Å²) in [6.45, 7) is 3.39. The van der Waals surface area contributed by atoms with Gasteiger partial charge in [0, 0.05) is 4.47 Å². The minimum absolute atomic E-state index is 0.379. The predicted octanol–water partition coefficient (Wildman–Crippen LogP) is 5.34. The number of carbonyl (C=O) groups excluding carboxylic acids is 2. The van der Waals surface area contributed by atoms with Crippen molar-refractivity contribution in [1.82, 2.24) is 0 Å². The van der Waals surface area contributed by atoms with Crippen LogP contribution in [0.25, 0.3) is 0 Å². The third-order valence-electron chi connectivity index (χ3n) is 2.88. The minimum Gasteiger partial charge on any atom is -0.451 e. The van der Waals surface area contributed by atoms with Gasteiger partial charge in [-0.3, -0.25) is 4.79 Å². The van der Waals surface area contributed by atoms with Gasteiger partial charge in [0.2, 0.25) is 0 Å². The van der Waals surface area contributed by atoms with E-state index < -0.39 is 11.9 Å². The number of carbonyl (C=O) groups is 2. The fraction of sp³-hybridized carbons (Fsp3) is 0.200. The second-order valence-corrected chi connectivity index (χ2v) is 8.43. The maximum atomic E-state index is 11.9. The molecule has 0 saturated carbocycles. The topological polar surface area (TPSA) is 55.4 Å². The van der Waals surface area contributed by atoms with Crippen LogP contribution < -0.4 is 5.32 Å². The van der Waals surface area contributed by atoms with Crippen LogP contribution in [0.3, 0.4) is 0 Å². The van der Waals surface area contributed by atoms with E-state index in [1.807, 2.05) is 19.9 Å². The standard InChI is InChI=1S/C15H12Br2ClNO3S/c1-7-3-8(2)13(10(18)4-7)19-12(20)6-22-15(21)11-5-9(16)14(17)23-11/h3-5H,6H2,1-2H3,(H,19,20). The highest BCUT2D eigenvalue weighted by Crippen LogP contribution is 2.32. The highest BCUT2D eigenvalue weighted by atomic mass is 79.9. The molecule has 23 heavy (non-hydrogen) atoms. The summed E-state index contributed by atoms with van der Waals surface area (Å²) in [7, 11) is 0. The molecule has 0 aliphatic rings. The minimum atomic E-state index is -0.553. The van der Waals surface area contributed by atoms with E-state index in [9.17, 15) is 9.59 Å².